The number of rotatable bonds is 5. The van der Waals surface area contributed by atoms with Gasteiger partial charge in [-0.2, -0.15) is 0 Å². The number of aromatic amines is 1. The molecule has 1 aliphatic rings. The van der Waals surface area contributed by atoms with Gasteiger partial charge in [-0.1, -0.05) is 18.6 Å². The molecule has 4 heteroatoms. The van der Waals surface area contributed by atoms with Crippen LogP contribution in [0.5, 0.6) is 0 Å². The third-order valence-electron chi connectivity index (χ3n) is 4.22. The molecule has 3 rings (SSSR count). The van der Waals surface area contributed by atoms with Crippen LogP contribution >= 0.6 is 0 Å². The summed E-state index contributed by atoms with van der Waals surface area (Å²) in [6.45, 7) is 4.27. The number of carbonyl (C=O) groups excluding carboxylic acids is 1. The number of nitrogens with one attached hydrogen (secondary N) is 2. The van der Waals surface area contributed by atoms with E-state index in [1.807, 2.05) is 30.5 Å². The van der Waals surface area contributed by atoms with E-state index in [9.17, 15) is 4.79 Å². The predicted molar refractivity (Wildman–Crippen MR) is 85.5 cm³/mol. The van der Waals surface area contributed by atoms with Crippen LogP contribution in [0.2, 0.25) is 0 Å². The molecule has 21 heavy (non-hydrogen) atoms. The highest BCUT2D eigenvalue weighted by Gasteiger charge is 2.11. The largest absolute Gasteiger partial charge is 0.361 e. The summed E-state index contributed by atoms with van der Waals surface area (Å²) < 4.78 is 0. The Morgan fingerprint density at radius 1 is 1.19 bits per heavy atom. The summed E-state index contributed by atoms with van der Waals surface area (Å²) in [6.07, 6.45) is 6.90. The van der Waals surface area contributed by atoms with Crippen LogP contribution in [-0.4, -0.2) is 42.0 Å². The van der Waals surface area contributed by atoms with E-state index in [1.54, 1.807) is 0 Å². The van der Waals surface area contributed by atoms with Crippen molar-refractivity contribution >= 4 is 16.8 Å². The monoisotopic (exact) mass is 285 g/mol. The summed E-state index contributed by atoms with van der Waals surface area (Å²) >= 11 is 0. The van der Waals surface area contributed by atoms with E-state index in [0.29, 0.717) is 0 Å². The smallest absolute Gasteiger partial charge is 0.253 e. The van der Waals surface area contributed by atoms with Gasteiger partial charge in [0.1, 0.15) is 0 Å². The molecule has 1 aromatic heterocycles. The van der Waals surface area contributed by atoms with Crippen molar-refractivity contribution in [2.24, 2.45) is 0 Å². The van der Waals surface area contributed by atoms with Gasteiger partial charge in [-0.25, -0.2) is 0 Å². The van der Waals surface area contributed by atoms with Crippen LogP contribution < -0.4 is 5.32 Å². The molecule has 0 bridgehead atoms. The van der Waals surface area contributed by atoms with E-state index >= 15 is 0 Å². The van der Waals surface area contributed by atoms with Gasteiger partial charge in [-0.15, -0.1) is 0 Å². The Morgan fingerprint density at radius 2 is 2.05 bits per heavy atom. The Balaban J connectivity index is 1.49. The van der Waals surface area contributed by atoms with Gasteiger partial charge in [0.2, 0.25) is 0 Å². The molecule has 1 aromatic carbocycles. The predicted octanol–water partition coefficient (Wildman–Crippen LogP) is 2.77. The maximum atomic E-state index is 12.3. The molecular formula is C17H23N3O. The Bertz CT molecular complexity index is 599. The molecule has 1 aliphatic heterocycles. The quantitative estimate of drug-likeness (QED) is 0.830. The van der Waals surface area contributed by atoms with Crippen molar-refractivity contribution in [3.63, 3.8) is 0 Å². The molecule has 0 aliphatic carbocycles. The third-order valence-corrected chi connectivity index (χ3v) is 4.22. The number of likely N-dealkylation sites (tertiary alicyclic amines) is 1. The zero-order chi connectivity index (χ0) is 14.5. The summed E-state index contributed by atoms with van der Waals surface area (Å²) in [5.41, 5.74) is 1.65. The fourth-order valence-electron chi connectivity index (χ4n) is 3.06. The van der Waals surface area contributed by atoms with Crippen LogP contribution in [0.25, 0.3) is 10.9 Å². The van der Waals surface area contributed by atoms with Crippen LogP contribution in [0.3, 0.4) is 0 Å². The third kappa shape index (κ3) is 3.45. The molecule has 0 atom stereocenters. The Labute approximate surface area is 125 Å². The van der Waals surface area contributed by atoms with Gasteiger partial charge in [0.05, 0.1) is 11.1 Å². The second-order valence-corrected chi connectivity index (χ2v) is 5.76. The molecule has 112 valence electrons. The zero-order valence-corrected chi connectivity index (χ0v) is 12.4. The number of fused-ring (bicyclic) bond motifs is 1. The number of nitrogens with zero attached hydrogens (tertiary/aromatic N) is 1. The highest BCUT2D eigenvalue weighted by atomic mass is 16.1. The van der Waals surface area contributed by atoms with Crippen molar-refractivity contribution in [1.29, 1.82) is 0 Å². The highest BCUT2D eigenvalue weighted by Crippen LogP contribution is 2.16. The normalized spacial score (nSPS) is 16.2. The number of aromatic nitrogens is 1. The number of carbonyl (C=O) groups is 1. The van der Waals surface area contributed by atoms with Crippen LogP contribution in [0.1, 0.15) is 36.0 Å². The first kappa shape index (κ1) is 14.1. The van der Waals surface area contributed by atoms with Crippen molar-refractivity contribution in [1.82, 2.24) is 15.2 Å². The van der Waals surface area contributed by atoms with Gasteiger partial charge in [0.25, 0.3) is 5.91 Å². The molecule has 1 amide bonds. The summed E-state index contributed by atoms with van der Waals surface area (Å²) in [4.78, 5) is 17.9. The van der Waals surface area contributed by atoms with Crippen molar-refractivity contribution in [2.45, 2.75) is 25.7 Å². The minimum Gasteiger partial charge on any atom is -0.361 e. The molecule has 0 radical (unpaired) electrons. The molecule has 4 nitrogen and oxygen atoms in total. The molecule has 0 saturated carbocycles. The van der Waals surface area contributed by atoms with E-state index < -0.39 is 0 Å². The Morgan fingerprint density at radius 3 is 2.90 bits per heavy atom. The topological polar surface area (TPSA) is 48.1 Å². The second kappa shape index (κ2) is 6.76. The first-order valence-corrected chi connectivity index (χ1v) is 7.91. The summed E-state index contributed by atoms with van der Waals surface area (Å²) in [7, 11) is 0. The van der Waals surface area contributed by atoms with E-state index in [1.165, 1.54) is 32.4 Å². The summed E-state index contributed by atoms with van der Waals surface area (Å²) in [5, 5.41) is 4.11. The lowest BCUT2D eigenvalue weighted by Gasteiger charge is -2.26. The summed E-state index contributed by atoms with van der Waals surface area (Å²) in [6, 6.07) is 7.80. The maximum absolute atomic E-state index is 12.3. The zero-order valence-electron chi connectivity index (χ0n) is 12.4. The van der Waals surface area contributed by atoms with Crippen LogP contribution in [0.4, 0.5) is 0 Å². The fraction of sp³-hybridized carbons (Fsp3) is 0.471. The van der Waals surface area contributed by atoms with Gasteiger partial charge in [-0.05, 0) is 51.0 Å². The van der Waals surface area contributed by atoms with Crippen LogP contribution in [0, 0.1) is 0 Å². The standard InChI is InChI=1S/C17H23N3O/c21-17(15-7-4-6-14-8-10-18-16(14)15)19-9-5-13-20-11-2-1-3-12-20/h4,6-8,10,18H,1-3,5,9,11-13H2,(H,19,21). The summed E-state index contributed by atoms with van der Waals surface area (Å²) in [5.74, 6) is 0.0155. The Hall–Kier alpha value is -1.81. The number of H-pyrrole nitrogens is 1. The number of hydrogen-bond acceptors (Lipinski definition) is 2. The lowest BCUT2D eigenvalue weighted by molar-refractivity contribution is 0.0952. The number of para-hydroxylation sites is 1. The van der Waals surface area contributed by atoms with Gasteiger partial charge >= 0.3 is 0 Å². The SMILES string of the molecule is O=C(NCCCN1CCCCC1)c1cccc2cc[nH]c12. The minimum atomic E-state index is 0.0155. The molecular weight excluding hydrogens is 262 g/mol. The van der Waals surface area contributed by atoms with Crippen LogP contribution in [0.15, 0.2) is 30.5 Å². The molecule has 0 spiro atoms. The molecule has 1 fully saturated rings. The van der Waals surface area contributed by atoms with E-state index in [4.69, 9.17) is 0 Å². The lowest BCUT2D eigenvalue weighted by Crippen LogP contribution is -2.33. The van der Waals surface area contributed by atoms with Crippen molar-refractivity contribution in [3.8, 4) is 0 Å². The van der Waals surface area contributed by atoms with E-state index in [2.05, 4.69) is 15.2 Å². The highest BCUT2D eigenvalue weighted by molar-refractivity contribution is 6.05. The van der Waals surface area contributed by atoms with Gasteiger partial charge in [0.15, 0.2) is 0 Å². The van der Waals surface area contributed by atoms with E-state index in [0.717, 1.165) is 36.0 Å². The average Bonchev–Trinajstić information content (AvgIpc) is 3.01. The molecule has 0 unspecified atom stereocenters. The molecule has 2 aromatic rings. The van der Waals surface area contributed by atoms with Gasteiger partial charge in [0, 0.05) is 18.1 Å². The number of piperidine rings is 1. The molecule has 1 saturated heterocycles. The van der Waals surface area contributed by atoms with Gasteiger partial charge < -0.3 is 15.2 Å². The molecule has 2 heterocycles. The minimum absolute atomic E-state index is 0.0155. The van der Waals surface area contributed by atoms with Crippen LogP contribution in [-0.2, 0) is 0 Å². The first-order chi connectivity index (χ1) is 10.3. The Kier molecular flexibility index (Phi) is 4.55. The number of amides is 1. The van der Waals surface area contributed by atoms with E-state index in [-0.39, 0.29) is 5.91 Å². The second-order valence-electron chi connectivity index (χ2n) is 5.76. The van der Waals surface area contributed by atoms with Crippen molar-refractivity contribution in [2.75, 3.05) is 26.2 Å². The van der Waals surface area contributed by atoms with Crippen molar-refractivity contribution in [3.05, 3.63) is 36.0 Å². The fourth-order valence-corrected chi connectivity index (χ4v) is 3.06. The number of hydrogen-bond donors (Lipinski definition) is 2. The average molecular weight is 285 g/mol. The van der Waals surface area contributed by atoms with Gasteiger partial charge in [-0.3, -0.25) is 4.79 Å². The number of benzene rings is 1. The molecule has 2 N–H and O–H groups in total. The van der Waals surface area contributed by atoms with Crippen molar-refractivity contribution < 1.29 is 4.79 Å². The maximum Gasteiger partial charge on any atom is 0.253 e. The first-order valence-electron chi connectivity index (χ1n) is 7.91. The lowest BCUT2D eigenvalue weighted by atomic mass is 10.1.